The molecule has 6 aromatic rings. The van der Waals surface area contributed by atoms with Gasteiger partial charge < -0.3 is 20.8 Å². The first-order valence-corrected chi connectivity index (χ1v) is 14.1. The molecule has 0 spiro atoms. The van der Waals surface area contributed by atoms with E-state index in [1.807, 2.05) is 54.4 Å². The Hall–Kier alpha value is -4.42. The van der Waals surface area contributed by atoms with Crippen molar-refractivity contribution in [1.82, 2.24) is 9.97 Å². The van der Waals surface area contributed by atoms with Gasteiger partial charge in [-0.05, 0) is 65.6 Å². The van der Waals surface area contributed by atoms with Gasteiger partial charge in [0, 0.05) is 44.5 Å². The molecule has 0 amide bonds. The minimum Gasteiger partial charge on any atom is -0.478 e. The van der Waals surface area contributed by atoms with Crippen LogP contribution in [0.25, 0.3) is 33.1 Å². The quantitative estimate of drug-likeness (QED) is 0.143. The summed E-state index contributed by atoms with van der Waals surface area (Å²) >= 11 is 1.94. The number of thioether (sulfide) groups is 1. The Kier molecular flexibility index (Phi) is 6.86. The molecule has 39 heavy (non-hydrogen) atoms. The van der Waals surface area contributed by atoms with Gasteiger partial charge in [-0.15, -0.1) is 0 Å². The minimum absolute atomic E-state index is 0.122. The predicted octanol–water partition coefficient (Wildman–Crippen LogP) is 7.86. The summed E-state index contributed by atoms with van der Waals surface area (Å²) in [6.07, 6.45) is 3.73. The lowest BCUT2D eigenvalue weighted by atomic mass is 9.97. The van der Waals surface area contributed by atoms with Crippen molar-refractivity contribution >= 4 is 45.2 Å². The number of carboxylic acids is 1. The second kappa shape index (κ2) is 10.8. The van der Waals surface area contributed by atoms with Gasteiger partial charge in [0.1, 0.15) is 0 Å². The van der Waals surface area contributed by atoms with E-state index < -0.39 is 5.97 Å². The lowest BCUT2D eigenvalue weighted by Crippen LogP contribution is -2.05. The van der Waals surface area contributed by atoms with E-state index in [4.69, 9.17) is 5.73 Å². The molecule has 0 aliphatic carbocycles. The van der Waals surface area contributed by atoms with Gasteiger partial charge in [0.05, 0.1) is 11.3 Å². The zero-order valence-electron chi connectivity index (χ0n) is 21.4. The summed E-state index contributed by atoms with van der Waals surface area (Å²) in [5, 5.41) is 11.8. The molecule has 194 valence electrons. The Labute approximate surface area is 231 Å². The van der Waals surface area contributed by atoms with Crippen molar-refractivity contribution in [2.45, 2.75) is 18.1 Å². The highest BCUT2D eigenvalue weighted by molar-refractivity contribution is 7.99. The molecular weight excluding hydrogens is 502 g/mol. The summed E-state index contributed by atoms with van der Waals surface area (Å²) in [5.74, 6) is 0.0204. The molecule has 0 saturated heterocycles. The maximum atomic E-state index is 11.8. The number of aromatic amines is 2. The van der Waals surface area contributed by atoms with Gasteiger partial charge >= 0.3 is 5.97 Å². The molecule has 0 bridgehead atoms. The molecule has 1 atom stereocenters. The van der Waals surface area contributed by atoms with Crippen LogP contribution < -0.4 is 5.73 Å². The van der Waals surface area contributed by atoms with Crippen molar-refractivity contribution in [3.05, 3.63) is 126 Å². The number of aromatic nitrogens is 2. The normalized spacial score (nSPS) is 12.2. The number of nitrogens with one attached hydrogen (secondary N) is 2. The fraction of sp³-hybridized carbons (Fsp3) is 0.121. The lowest BCUT2D eigenvalue weighted by molar-refractivity contribution is 0.0697. The SMILES string of the molecule is Nc1ccccc1CC(SCCc1ccccc1)c1c(-c2c[nH]c3ccc(C(=O)O)cc23)[nH]c2ccccc12. The molecule has 0 aliphatic rings. The number of carboxylic acid groups (broad SMARTS) is 1. The number of nitrogens with two attached hydrogens (primary N) is 1. The van der Waals surface area contributed by atoms with E-state index in [2.05, 4.69) is 58.5 Å². The largest absolute Gasteiger partial charge is 0.478 e. The third-order valence-corrected chi connectivity index (χ3v) is 8.52. The lowest BCUT2D eigenvalue weighted by Gasteiger charge is -2.20. The van der Waals surface area contributed by atoms with Crippen molar-refractivity contribution in [3.8, 4) is 11.3 Å². The molecule has 5 N–H and O–H groups in total. The van der Waals surface area contributed by atoms with Crippen molar-refractivity contribution < 1.29 is 9.90 Å². The molecule has 5 nitrogen and oxygen atoms in total. The average molecular weight is 532 g/mol. The first-order valence-electron chi connectivity index (χ1n) is 13.0. The first-order chi connectivity index (χ1) is 19.1. The molecule has 6 heteroatoms. The van der Waals surface area contributed by atoms with E-state index in [1.54, 1.807) is 12.1 Å². The number of hydrogen-bond donors (Lipinski definition) is 4. The van der Waals surface area contributed by atoms with E-state index in [-0.39, 0.29) is 10.8 Å². The summed E-state index contributed by atoms with van der Waals surface area (Å²) in [7, 11) is 0. The Morgan fingerprint density at radius 2 is 1.64 bits per heavy atom. The highest BCUT2D eigenvalue weighted by atomic mass is 32.2. The van der Waals surface area contributed by atoms with E-state index in [0.717, 1.165) is 57.5 Å². The Bertz CT molecular complexity index is 1770. The summed E-state index contributed by atoms with van der Waals surface area (Å²) < 4.78 is 0. The van der Waals surface area contributed by atoms with Crippen molar-refractivity contribution in [2.75, 3.05) is 11.5 Å². The monoisotopic (exact) mass is 531 g/mol. The van der Waals surface area contributed by atoms with Gasteiger partial charge in [-0.3, -0.25) is 0 Å². The van der Waals surface area contributed by atoms with Crippen LogP contribution in [0, 0.1) is 0 Å². The average Bonchev–Trinajstić information content (AvgIpc) is 3.55. The van der Waals surface area contributed by atoms with Crippen molar-refractivity contribution in [2.24, 2.45) is 0 Å². The van der Waals surface area contributed by atoms with E-state index in [0.29, 0.717) is 0 Å². The fourth-order valence-electron chi connectivity index (χ4n) is 5.30. The molecule has 4 aromatic carbocycles. The highest BCUT2D eigenvalue weighted by Crippen LogP contribution is 2.45. The summed E-state index contributed by atoms with van der Waals surface area (Å²) in [4.78, 5) is 18.8. The van der Waals surface area contributed by atoms with Crippen LogP contribution in [0.4, 0.5) is 5.69 Å². The van der Waals surface area contributed by atoms with Gasteiger partial charge in [0.15, 0.2) is 0 Å². The van der Waals surface area contributed by atoms with Crippen LogP contribution in [-0.4, -0.2) is 26.8 Å². The molecule has 2 aromatic heterocycles. The standard InChI is InChI=1S/C33H29N3O2S/c34-27-12-6-4-10-22(27)19-30(39-17-16-21-8-2-1-3-9-21)31-24-11-5-7-13-29(24)36-32(31)26-20-35-28-15-14-23(33(37)38)18-25(26)28/h1-15,18,20,30,35-36H,16-17,19,34H2,(H,37,38). The molecule has 0 fully saturated rings. The Morgan fingerprint density at radius 3 is 2.46 bits per heavy atom. The van der Waals surface area contributed by atoms with Crippen LogP contribution in [0.3, 0.4) is 0 Å². The number of aryl methyl sites for hydroxylation is 1. The number of H-pyrrole nitrogens is 2. The number of nitrogen functional groups attached to an aromatic ring is 1. The minimum atomic E-state index is -0.935. The zero-order valence-corrected chi connectivity index (χ0v) is 22.2. The van der Waals surface area contributed by atoms with Gasteiger partial charge in [0.2, 0.25) is 0 Å². The van der Waals surface area contributed by atoms with Crippen LogP contribution in [0.1, 0.15) is 32.3 Å². The van der Waals surface area contributed by atoms with Crippen molar-refractivity contribution in [3.63, 3.8) is 0 Å². The number of aromatic carboxylic acids is 1. The number of carbonyl (C=O) groups is 1. The van der Waals surface area contributed by atoms with Crippen LogP contribution in [-0.2, 0) is 12.8 Å². The number of rotatable bonds is 9. The van der Waals surface area contributed by atoms with Gasteiger partial charge in [-0.25, -0.2) is 4.79 Å². The summed E-state index contributed by atoms with van der Waals surface area (Å²) in [5.41, 5.74) is 15.1. The second-order valence-electron chi connectivity index (χ2n) is 9.73. The highest BCUT2D eigenvalue weighted by Gasteiger charge is 2.25. The number of anilines is 1. The molecule has 2 heterocycles. The van der Waals surface area contributed by atoms with Gasteiger partial charge in [-0.1, -0.05) is 66.7 Å². The topological polar surface area (TPSA) is 94.9 Å². The van der Waals surface area contributed by atoms with E-state index in [9.17, 15) is 9.90 Å². The van der Waals surface area contributed by atoms with E-state index >= 15 is 0 Å². The zero-order chi connectivity index (χ0) is 26.8. The van der Waals surface area contributed by atoms with Crippen LogP contribution in [0.15, 0.2) is 103 Å². The molecule has 1 unspecified atom stereocenters. The molecule has 0 aliphatic heterocycles. The summed E-state index contributed by atoms with van der Waals surface area (Å²) in [6.45, 7) is 0. The third-order valence-electron chi connectivity index (χ3n) is 7.28. The second-order valence-corrected chi connectivity index (χ2v) is 11.0. The van der Waals surface area contributed by atoms with Gasteiger partial charge in [0.25, 0.3) is 0 Å². The van der Waals surface area contributed by atoms with Crippen molar-refractivity contribution in [1.29, 1.82) is 0 Å². The Balaban J connectivity index is 1.48. The number of benzene rings is 4. The molecular formula is C33H29N3O2S. The maximum Gasteiger partial charge on any atom is 0.335 e. The summed E-state index contributed by atoms with van der Waals surface area (Å²) in [6, 6.07) is 32.3. The smallest absolute Gasteiger partial charge is 0.335 e. The predicted molar refractivity (Wildman–Crippen MR) is 162 cm³/mol. The van der Waals surface area contributed by atoms with Crippen LogP contribution in [0.5, 0.6) is 0 Å². The third kappa shape index (κ3) is 5.03. The number of fused-ring (bicyclic) bond motifs is 2. The maximum absolute atomic E-state index is 11.8. The van der Waals surface area contributed by atoms with Gasteiger partial charge in [-0.2, -0.15) is 11.8 Å². The molecule has 0 radical (unpaired) electrons. The molecule has 6 rings (SSSR count). The number of para-hydroxylation sites is 2. The Morgan fingerprint density at radius 1 is 0.872 bits per heavy atom. The number of hydrogen-bond acceptors (Lipinski definition) is 3. The fourth-order valence-corrected chi connectivity index (χ4v) is 6.65. The first kappa shape index (κ1) is 24.9. The van der Waals surface area contributed by atoms with Crippen LogP contribution in [0.2, 0.25) is 0 Å². The van der Waals surface area contributed by atoms with E-state index in [1.165, 1.54) is 16.5 Å². The van der Waals surface area contributed by atoms with Crippen LogP contribution >= 0.6 is 11.8 Å². The molecule has 0 saturated carbocycles.